The Morgan fingerprint density at radius 1 is 1.28 bits per heavy atom. The van der Waals surface area contributed by atoms with Crippen molar-refractivity contribution in [3.05, 3.63) is 29.3 Å². The molecule has 1 amide bonds. The van der Waals surface area contributed by atoms with Crippen LogP contribution in [-0.4, -0.2) is 49.2 Å². The summed E-state index contributed by atoms with van der Waals surface area (Å²) >= 11 is 0. The summed E-state index contributed by atoms with van der Waals surface area (Å²) in [5, 5.41) is 0. The summed E-state index contributed by atoms with van der Waals surface area (Å²) in [6.45, 7) is 4.77. The van der Waals surface area contributed by atoms with Crippen LogP contribution in [0, 0.1) is 0 Å². The van der Waals surface area contributed by atoms with Gasteiger partial charge in [-0.15, -0.1) is 0 Å². The molecule has 8 heteroatoms. The molecule has 1 aliphatic rings. The van der Waals surface area contributed by atoms with Crippen molar-refractivity contribution in [3.8, 4) is 0 Å². The maximum absolute atomic E-state index is 13.0. The molecule has 5 nitrogen and oxygen atoms in total. The van der Waals surface area contributed by atoms with Crippen LogP contribution in [0.1, 0.15) is 25.0 Å². The summed E-state index contributed by atoms with van der Waals surface area (Å²) in [6, 6.07) is 4.89. The molecule has 2 rings (SSSR count). The van der Waals surface area contributed by atoms with Crippen LogP contribution in [0.3, 0.4) is 0 Å². The molecule has 0 saturated carbocycles. The van der Waals surface area contributed by atoms with E-state index in [4.69, 9.17) is 4.74 Å². The number of halogens is 3. The topological polar surface area (TPSA) is 49.9 Å². The molecule has 1 aliphatic heterocycles. The Labute approximate surface area is 144 Å². The largest absolute Gasteiger partial charge is 0.471 e. The lowest BCUT2D eigenvalue weighted by Gasteiger charge is -2.32. The van der Waals surface area contributed by atoms with E-state index in [0.717, 1.165) is 18.7 Å². The molecule has 138 valence electrons. The van der Waals surface area contributed by atoms with Crippen LogP contribution in [0.4, 0.5) is 18.9 Å². The van der Waals surface area contributed by atoms with Crippen LogP contribution < -0.4 is 4.90 Å². The first-order valence-corrected chi connectivity index (χ1v) is 8.15. The maximum atomic E-state index is 13.0. The van der Waals surface area contributed by atoms with E-state index in [9.17, 15) is 22.8 Å². The van der Waals surface area contributed by atoms with Crippen molar-refractivity contribution in [2.24, 2.45) is 0 Å². The minimum absolute atomic E-state index is 0.0311. The van der Waals surface area contributed by atoms with E-state index in [1.807, 2.05) is 13.0 Å². The fourth-order valence-electron chi connectivity index (χ4n) is 2.90. The monoisotopic (exact) mass is 358 g/mol. The van der Waals surface area contributed by atoms with E-state index in [1.54, 1.807) is 13.0 Å². The Balaban J connectivity index is 2.44. The van der Waals surface area contributed by atoms with Gasteiger partial charge in [0.25, 0.3) is 0 Å². The first-order chi connectivity index (χ1) is 11.8. The molecule has 0 saturated heterocycles. The molecule has 0 fully saturated rings. The number of hydrogen-bond acceptors (Lipinski definition) is 4. The number of carbonyl (C=O) groups is 2. The quantitative estimate of drug-likeness (QED) is 0.759. The number of fused-ring (bicyclic) bond motifs is 1. The van der Waals surface area contributed by atoms with E-state index >= 15 is 0 Å². The van der Waals surface area contributed by atoms with E-state index < -0.39 is 24.6 Å². The fraction of sp³-hybridized carbons (Fsp3) is 0.529. The van der Waals surface area contributed by atoms with Crippen LogP contribution in [-0.2, 0) is 27.3 Å². The number of benzene rings is 1. The molecule has 1 aromatic carbocycles. The van der Waals surface area contributed by atoms with Crippen molar-refractivity contribution in [2.75, 3.05) is 31.1 Å². The Hall–Kier alpha value is -2.09. The number of rotatable bonds is 5. The van der Waals surface area contributed by atoms with Crippen molar-refractivity contribution in [2.45, 2.75) is 33.0 Å². The molecule has 1 aromatic rings. The number of ether oxygens (including phenoxy) is 1. The van der Waals surface area contributed by atoms with Gasteiger partial charge in [-0.2, -0.15) is 13.2 Å². The van der Waals surface area contributed by atoms with Gasteiger partial charge in [0.2, 0.25) is 0 Å². The minimum atomic E-state index is -5.08. The maximum Gasteiger partial charge on any atom is 0.471 e. The van der Waals surface area contributed by atoms with Gasteiger partial charge in [0.05, 0.1) is 6.61 Å². The molecule has 0 bridgehead atoms. The number of hydrogen-bond donors (Lipinski definition) is 0. The summed E-state index contributed by atoms with van der Waals surface area (Å²) in [5.74, 6) is -2.94. The third-order valence-electron chi connectivity index (χ3n) is 4.15. The van der Waals surface area contributed by atoms with Crippen LogP contribution >= 0.6 is 0 Å². The lowest BCUT2D eigenvalue weighted by atomic mass is 9.97. The number of nitrogens with zero attached hydrogens (tertiary/aromatic N) is 2. The molecule has 0 atom stereocenters. The Kier molecular flexibility index (Phi) is 6.05. The number of anilines is 1. The second kappa shape index (κ2) is 7.86. The van der Waals surface area contributed by atoms with Crippen molar-refractivity contribution < 1.29 is 27.5 Å². The SMILES string of the molecule is CCOC(=O)CN(C(=O)C(F)(F)F)c1cccc2c1CN(CC)CC2. The summed E-state index contributed by atoms with van der Waals surface area (Å²) < 4.78 is 43.9. The van der Waals surface area contributed by atoms with Gasteiger partial charge in [-0.3, -0.25) is 19.4 Å². The standard InChI is InChI=1S/C17H21F3N2O3/c1-3-21-9-8-12-6-5-7-14(13(12)10-21)22(11-15(23)25-4-2)16(24)17(18,19)20/h5-7H,3-4,8-11H2,1-2H3. The van der Waals surface area contributed by atoms with Gasteiger partial charge in [-0.25, -0.2) is 0 Å². The first kappa shape index (κ1) is 19.2. The lowest BCUT2D eigenvalue weighted by molar-refractivity contribution is -0.171. The number of alkyl halides is 3. The van der Waals surface area contributed by atoms with Crippen LogP contribution in [0.15, 0.2) is 18.2 Å². The first-order valence-electron chi connectivity index (χ1n) is 8.15. The molecule has 0 aromatic heterocycles. The summed E-state index contributed by atoms with van der Waals surface area (Å²) in [7, 11) is 0. The number of likely N-dealkylation sites (N-methyl/N-ethyl adjacent to an activating group) is 1. The number of carbonyl (C=O) groups excluding carboxylic acids is 2. The second-order valence-corrected chi connectivity index (χ2v) is 5.73. The van der Waals surface area contributed by atoms with Gasteiger partial charge in [-0.1, -0.05) is 19.1 Å². The average Bonchev–Trinajstić information content (AvgIpc) is 2.57. The molecule has 1 heterocycles. The molecular formula is C17H21F3N2O3. The van der Waals surface area contributed by atoms with Crippen molar-refractivity contribution in [1.82, 2.24) is 4.90 Å². The highest BCUT2D eigenvalue weighted by atomic mass is 19.4. The zero-order valence-electron chi connectivity index (χ0n) is 14.2. The predicted molar refractivity (Wildman–Crippen MR) is 86.1 cm³/mol. The van der Waals surface area contributed by atoms with Gasteiger partial charge in [0.1, 0.15) is 6.54 Å². The second-order valence-electron chi connectivity index (χ2n) is 5.73. The van der Waals surface area contributed by atoms with Crippen molar-refractivity contribution in [3.63, 3.8) is 0 Å². The molecular weight excluding hydrogens is 337 g/mol. The summed E-state index contributed by atoms with van der Waals surface area (Å²) in [6.07, 6.45) is -4.39. The zero-order valence-corrected chi connectivity index (χ0v) is 14.2. The average molecular weight is 358 g/mol. The minimum Gasteiger partial charge on any atom is -0.465 e. The van der Waals surface area contributed by atoms with Crippen LogP contribution in [0.2, 0.25) is 0 Å². The number of esters is 1. The third kappa shape index (κ3) is 4.50. The van der Waals surface area contributed by atoms with Crippen molar-refractivity contribution in [1.29, 1.82) is 0 Å². The van der Waals surface area contributed by atoms with E-state index in [2.05, 4.69) is 4.90 Å². The molecule has 0 unspecified atom stereocenters. The van der Waals surface area contributed by atoms with Gasteiger partial charge >= 0.3 is 18.1 Å². The molecule has 0 aliphatic carbocycles. The molecule has 0 N–H and O–H groups in total. The van der Waals surface area contributed by atoms with Gasteiger partial charge in [0, 0.05) is 18.8 Å². The third-order valence-corrected chi connectivity index (χ3v) is 4.15. The smallest absolute Gasteiger partial charge is 0.465 e. The zero-order chi connectivity index (χ0) is 18.6. The molecule has 0 radical (unpaired) electrons. The Morgan fingerprint density at radius 2 is 2.00 bits per heavy atom. The van der Waals surface area contributed by atoms with Gasteiger partial charge < -0.3 is 4.74 Å². The Bertz CT molecular complexity index is 647. The fourth-order valence-corrected chi connectivity index (χ4v) is 2.90. The highest BCUT2D eigenvalue weighted by molar-refractivity contribution is 6.01. The van der Waals surface area contributed by atoms with Crippen LogP contribution in [0.25, 0.3) is 0 Å². The predicted octanol–water partition coefficient (Wildman–Crippen LogP) is 2.52. The highest BCUT2D eigenvalue weighted by Crippen LogP contribution is 2.32. The molecule has 0 spiro atoms. The lowest BCUT2D eigenvalue weighted by Crippen LogP contribution is -2.45. The molecule has 25 heavy (non-hydrogen) atoms. The van der Waals surface area contributed by atoms with Gasteiger partial charge in [-0.05, 0) is 37.1 Å². The Morgan fingerprint density at radius 3 is 2.60 bits per heavy atom. The normalized spacial score (nSPS) is 14.8. The highest BCUT2D eigenvalue weighted by Gasteiger charge is 2.44. The van der Waals surface area contributed by atoms with E-state index in [0.29, 0.717) is 23.4 Å². The number of amides is 1. The van der Waals surface area contributed by atoms with Gasteiger partial charge in [0.15, 0.2) is 0 Å². The summed E-state index contributed by atoms with van der Waals surface area (Å²) in [4.78, 5) is 26.2. The summed E-state index contributed by atoms with van der Waals surface area (Å²) in [5.41, 5.74) is 1.66. The van der Waals surface area contributed by atoms with Crippen LogP contribution in [0.5, 0.6) is 0 Å². The van der Waals surface area contributed by atoms with Crippen molar-refractivity contribution >= 4 is 17.6 Å². The van der Waals surface area contributed by atoms with E-state index in [1.165, 1.54) is 6.07 Å². The van der Waals surface area contributed by atoms with E-state index in [-0.39, 0.29) is 12.3 Å².